The molecule has 4 aromatic rings. The Morgan fingerprint density at radius 1 is 1.12 bits per heavy atom. The van der Waals surface area contributed by atoms with Crippen molar-refractivity contribution in [2.45, 2.75) is 25.4 Å². The normalized spacial score (nSPS) is 17.2. The Bertz CT molecular complexity index is 1280. The van der Waals surface area contributed by atoms with Crippen molar-refractivity contribution >= 4 is 22.5 Å². The van der Waals surface area contributed by atoms with Crippen LogP contribution in [0.4, 0.5) is 11.6 Å². The molecule has 0 unspecified atom stereocenters. The van der Waals surface area contributed by atoms with Gasteiger partial charge in [0.15, 0.2) is 0 Å². The average Bonchev–Trinajstić information content (AvgIpc) is 3.30. The number of H-pyrrole nitrogens is 1. The molecule has 9 nitrogen and oxygen atoms in total. The molecule has 1 saturated heterocycles. The molecule has 3 aromatic heterocycles. The Kier molecular flexibility index (Phi) is 4.43. The van der Waals surface area contributed by atoms with Gasteiger partial charge in [-0.25, -0.2) is 15.0 Å². The molecule has 5 heterocycles. The first-order chi connectivity index (χ1) is 15.7. The molecule has 0 radical (unpaired) electrons. The molecular weight excluding hydrogens is 406 g/mol. The number of nitrogens with zero attached hydrogens (tertiary/aromatic N) is 5. The molecule has 162 valence electrons. The number of pyridine rings is 1. The molecule has 32 heavy (non-hydrogen) atoms. The van der Waals surface area contributed by atoms with E-state index in [0.29, 0.717) is 12.6 Å². The minimum atomic E-state index is -0.296. The van der Waals surface area contributed by atoms with Crippen LogP contribution in [0, 0.1) is 6.92 Å². The predicted octanol–water partition coefficient (Wildman–Crippen LogP) is 3.74. The van der Waals surface area contributed by atoms with Gasteiger partial charge in [0.05, 0.1) is 11.7 Å². The van der Waals surface area contributed by atoms with Crippen LogP contribution in [0.25, 0.3) is 10.9 Å². The van der Waals surface area contributed by atoms with Crippen molar-refractivity contribution in [3.8, 4) is 11.6 Å². The van der Waals surface area contributed by atoms with Gasteiger partial charge in [-0.1, -0.05) is 6.07 Å². The van der Waals surface area contributed by atoms with E-state index in [1.54, 1.807) is 12.5 Å². The summed E-state index contributed by atoms with van der Waals surface area (Å²) in [5.41, 5.74) is 2.93. The van der Waals surface area contributed by atoms with Crippen LogP contribution in [0.15, 0.2) is 49.1 Å². The highest BCUT2D eigenvalue weighted by Gasteiger charge is 2.41. The maximum Gasteiger partial charge on any atom is 0.224 e. The molecular formula is C23H23N7O2. The van der Waals surface area contributed by atoms with E-state index in [9.17, 15) is 0 Å². The van der Waals surface area contributed by atoms with Crippen LogP contribution in [-0.4, -0.2) is 45.0 Å². The van der Waals surface area contributed by atoms with Crippen LogP contribution in [0.1, 0.15) is 24.0 Å². The lowest BCUT2D eigenvalue weighted by Gasteiger charge is -2.44. The molecule has 2 aliphatic rings. The molecule has 9 heteroatoms. The molecule has 1 aromatic carbocycles. The minimum Gasteiger partial charge on any atom is -0.439 e. The van der Waals surface area contributed by atoms with Crippen molar-refractivity contribution in [1.29, 1.82) is 0 Å². The van der Waals surface area contributed by atoms with Gasteiger partial charge >= 0.3 is 0 Å². The fourth-order valence-electron chi connectivity index (χ4n) is 4.68. The van der Waals surface area contributed by atoms with E-state index in [1.165, 1.54) is 0 Å². The van der Waals surface area contributed by atoms with E-state index in [4.69, 9.17) is 9.47 Å². The third-order valence-electron chi connectivity index (χ3n) is 6.35. The Morgan fingerprint density at radius 3 is 2.94 bits per heavy atom. The smallest absolute Gasteiger partial charge is 0.224 e. The van der Waals surface area contributed by atoms with Gasteiger partial charge in [0.25, 0.3) is 0 Å². The zero-order valence-corrected chi connectivity index (χ0v) is 17.7. The number of aromatic nitrogens is 5. The van der Waals surface area contributed by atoms with Crippen molar-refractivity contribution in [2.75, 3.05) is 30.0 Å². The second-order valence-corrected chi connectivity index (χ2v) is 8.24. The highest BCUT2D eigenvalue weighted by molar-refractivity contribution is 5.82. The number of hydrogen-bond acceptors (Lipinski definition) is 8. The first-order valence-corrected chi connectivity index (χ1v) is 10.7. The minimum absolute atomic E-state index is 0.296. The SMILES string of the molecule is Cc1cc(Oc2cc(N3CCC4(CC3)OCNc3ncccc34)ncn2)cc2cn[nH]c12. The van der Waals surface area contributed by atoms with E-state index >= 15 is 0 Å². The Balaban J connectivity index is 1.20. The topological polar surface area (TPSA) is 101 Å². The van der Waals surface area contributed by atoms with Gasteiger partial charge in [0.1, 0.15) is 36.0 Å². The molecule has 0 saturated carbocycles. The standard InChI is InChI=1S/C23H23N7O2/c1-15-9-17(10-16-12-28-29-21(15)16)32-20-11-19(25-13-26-20)30-7-4-23(5-8-30)18-3-2-6-24-22(18)27-14-31-23/h2-3,6,9-13H,4-5,7-8,14H2,1H3,(H,24,27)(H,28,29). The summed E-state index contributed by atoms with van der Waals surface area (Å²) in [4.78, 5) is 15.5. The van der Waals surface area contributed by atoms with E-state index in [2.05, 4.69) is 41.4 Å². The Hall–Kier alpha value is -3.72. The predicted molar refractivity (Wildman–Crippen MR) is 120 cm³/mol. The molecule has 1 spiro atoms. The van der Waals surface area contributed by atoms with Crippen LogP contribution in [0.3, 0.4) is 0 Å². The van der Waals surface area contributed by atoms with Crippen molar-refractivity contribution in [2.24, 2.45) is 0 Å². The highest BCUT2D eigenvalue weighted by atomic mass is 16.5. The molecule has 6 rings (SSSR count). The number of fused-ring (bicyclic) bond motifs is 3. The molecule has 0 amide bonds. The average molecular weight is 429 g/mol. The molecule has 1 fully saturated rings. The van der Waals surface area contributed by atoms with Crippen molar-refractivity contribution in [3.63, 3.8) is 0 Å². The summed E-state index contributed by atoms with van der Waals surface area (Å²) in [5, 5.41) is 11.3. The summed E-state index contributed by atoms with van der Waals surface area (Å²) in [6.07, 6.45) is 6.89. The Labute approximate surface area is 184 Å². The molecule has 2 aliphatic heterocycles. The lowest BCUT2D eigenvalue weighted by atomic mass is 9.83. The lowest BCUT2D eigenvalue weighted by molar-refractivity contribution is -0.0658. The van der Waals surface area contributed by atoms with Crippen LogP contribution < -0.4 is 15.0 Å². The second-order valence-electron chi connectivity index (χ2n) is 8.24. The number of aryl methyl sites for hydroxylation is 1. The number of hydrogen-bond donors (Lipinski definition) is 2. The van der Waals surface area contributed by atoms with Gasteiger partial charge in [-0.2, -0.15) is 5.10 Å². The van der Waals surface area contributed by atoms with Crippen molar-refractivity contribution in [3.05, 3.63) is 60.2 Å². The van der Waals surface area contributed by atoms with Gasteiger partial charge in [-0.3, -0.25) is 5.10 Å². The first kappa shape index (κ1) is 19.0. The number of ether oxygens (including phenoxy) is 2. The monoisotopic (exact) mass is 429 g/mol. The molecule has 2 N–H and O–H groups in total. The van der Waals surface area contributed by atoms with E-state index < -0.39 is 0 Å². The first-order valence-electron chi connectivity index (χ1n) is 10.7. The number of nitrogens with one attached hydrogen (secondary N) is 2. The fourth-order valence-corrected chi connectivity index (χ4v) is 4.68. The van der Waals surface area contributed by atoms with E-state index in [1.807, 2.05) is 37.4 Å². The van der Waals surface area contributed by atoms with Crippen molar-refractivity contribution in [1.82, 2.24) is 25.1 Å². The summed E-state index contributed by atoms with van der Waals surface area (Å²) < 4.78 is 12.3. The van der Waals surface area contributed by atoms with Crippen LogP contribution in [-0.2, 0) is 10.3 Å². The number of benzene rings is 1. The number of aromatic amines is 1. The van der Waals surface area contributed by atoms with Crippen molar-refractivity contribution < 1.29 is 9.47 Å². The maximum absolute atomic E-state index is 6.22. The third kappa shape index (κ3) is 3.21. The molecule has 0 bridgehead atoms. The number of rotatable bonds is 3. The van der Waals surface area contributed by atoms with Gasteiger partial charge in [-0.05, 0) is 43.5 Å². The zero-order valence-electron chi connectivity index (χ0n) is 17.7. The van der Waals surface area contributed by atoms with Gasteiger partial charge in [-0.15, -0.1) is 0 Å². The summed E-state index contributed by atoms with van der Waals surface area (Å²) >= 11 is 0. The summed E-state index contributed by atoms with van der Waals surface area (Å²) in [6, 6.07) is 9.91. The van der Waals surface area contributed by atoms with Gasteiger partial charge in [0, 0.05) is 36.3 Å². The molecule has 0 aliphatic carbocycles. The third-order valence-corrected chi connectivity index (χ3v) is 6.35. The summed E-state index contributed by atoms with van der Waals surface area (Å²) in [7, 11) is 0. The quantitative estimate of drug-likeness (QED) is 0.508. The van der Waals surface area contributed by atoms with Crippen LogP contribution >= 0.6 is 0 Å². The second kappa shape index (κ2) is 7.45. The van der Waals surface area contributed by atoms with Gasteiger partial charge < -0.3 is 19.7 Å². The van der Waals surface area contributed by atoms with E-state index in [0.717, 1.165) is 65.3 Å². The van der Waals surface area contributed by atoms with Crippen LogP contribution in [0.2, 0.25) is 0 Å². The number of anilines is 2. The number of piperidine rings is 1. The van der Waals surface area contributed by atoms with Crippen LogP contribution in [0.5, 0.6) is 11.6 Å². The lowest BCUT2D eigenvalue weighted by Crippen LogP contribution is -2.47. The maximum atomic E-state index is 6.22. The summed E-state index contributed by atoms with van der Waals surface area (Å²) in [6.45, 7) is 4.16. The zero-order chi connectivity index (χ0) is 21.5. The Morgan fingerprint density at radius 2 is 2.03 bits per heavy atom. The van der Waals surface area contributed by atoms with Gasteiger partial charge in [0.2, 0.25) is 5.88 Å². The highest BCUT2D eigenvalue weighted by Crippen LogP contribution is 2.42. The fraction of sp³-hybridized carbons (Fsp3) is 0.304. The molecule has 0 atom stereocenters. The summed E-state index contributed by atoms with van der Waals surface area (Å²) in [5.74, 6) is 3.03. The van der Waals surface area contributed by atoms with E-state index in [-0.39, 0.29) is 5.60 Å². The largest absolute Gasteiger partial charge is 0.439 e.